The molecule has 2 atom stereocenters. The van der Waals surface area contributed by atoms with Gasteiger partial charge in [0.25, 0.3) is 0 Å². The van der Waals surface area contributed by atoms with E-state index in [1.807, 2.05) is 35.2 Å². The Morgan fingerprint density at radius 3 is 2.25 bits per heavy atom. The minimum Gasteiger partial charge on any atom is -0.353 e. The van der Waals surface area contributed by atoms with Crippen LogP contribution < -0.4 is 10.6 Å². The second-order valence-electron chi connectivity index (χ2n) is 9.43. The zero-order chi connectivity index (χ0) is 20.1. The SMILES string of the molecule is CC(C)(C)C1CCCCC1NC(=O)C1CCN(C(=O)Nc2ccccc2)CC1. The van der Waals surface area contributed by atoms with Gasteiger partial charge in [-0.1, -0.05) is 51.8 Å². The van der Waals surface area contributed by atoms with E-state index in [-0.39, 0.29) is 23.3 Å². The molecule has 154 valence electrons. The van der Waals surface area contributed by atoms with Crippen molar-refractivity contribution in [3.05, 3.63) is 30.3 Å². The third kappa shape index (κ3) is 5.27. The quantitative estimate of drug-likeness (QED) is 0.795. The molecule has 2 unspecified atom stereocenters. The van der Waals surface area contributed by atoms with E-state index in [1.54, 1.807) is 0 Å². The number of piperidine rings is 1. The van der Waals surface area contributed by atoms with Crippen molar-refractivity contribution in [3.8, 4) is 0 Å². The summed E-state index contributed by atoms with van der Waals surface area (Å²) in [6.07, 6.45) is 6.24. The molecule has 2 aliphatic rings. The zero-order valence-corrected chi connectivity index (χ0v) is 17.5. The highest BCUT2D eigenvalue weighted by Crippen LogP contribution is 2.38. The molecule has 3 amide bonds. The molecule has 0 radical (unpaired) electrons. The Kier molecular flexibility index (Phi) is 6.63. The van der Waals surface area contributed by atoms with E-state index in [0.717, 1.165) is 24.9 Å². The van der Waals surface area contributed by atoms with Crippen molar-refractivity contribution in [2.24, 2.45) is 17.3 Å². The molecular formula is C23H35N3O2. The summed E-state index contributed by atoms with van der Waals surface area (Å²) in [4.78, 5) is 27.1. The van der Waals surface area contributed by atoms with Crippen LogP contribution in [0.1, 0.15) is 59.3 Å². The molecule has 1 saturated carbocycles. The van der Waals surface area contributed by atoms with E-state index in [4.69, 9.17) is 0 Å². The monoisotopic (exact) mass is 385 g/mol. The third-order valence-corrected chi connectivity index (χ3v) is 6.38. The first kappa shape index (κ1) is 20.7. The minimum absolute atomic E-state index is 0.0170. The highest BCUT2D eigenvalue weighted by molar-refractivity contribution is 5.89. The average molecular weight is 386 g/mol. The largest absolute Gasteiger partial charge is 0.353 e. The topological polar surface area (TPSA) is 61.4 Å². The zero-order valence-electron chi connectivity index (χ0n) is 17.5. The van der Waals surface area contributed by atoms with Gasteiger partial charge in [0, 0.05) is 30.7 Å². The van der Waals surface area contributed by atoms with Crippen LogP contribution in [-0.2, 0) is 4.79 Å². The Labute approximate surface area is 169 Å². The predicted molar refractivity (Wildman–Crippen MR) is 113 cm³/mol. The number of urea groups is 1. The van der Waals surface area contributed by atoms with Crippen LogP contribution in [0.25, 0.3) is 0 Å². The summed E-state index contributed by atoms with van der Waals surface area (Å²) in [5.41, 5.74) is 1.02. The first-order valence-electron chi connectivity index (χ1n) is 10.8. The van der Waals surface area contributed by atoms with Crippen molar-refractivity contribution in [1.29, 1.82) is 0 Å². The number of carbonyl (C=O) groups is 2. The molecule has 2 fully saturated rings. The number of likely N-dealkylation sites (tertiary alicyclic amines) is 1. The maximum atomic E-state index is 12.9. The summed E-state index contributed by atoms with van der Waals surface area (Å²) in [6, 6.07) is 9.72. The highest BCUT2D eigenvalue weighted by Gasteiger charge is 2.36. The minimum atomic E-state index is -0.0786. The molecule has 28 heavy (non-hydrogen) atoms. The van der Waals surface area contributed by atoms with E-state index < -0.39 is 0 Å². The molecule has 3 rings (SSSR count). The molecule has 5 nitrogen and oxygen atoms in total. The standard InChI is InChI=1S/C23H35N3O2/c1-23(2,3)19-11-7-8-12-20(19)25-21(27)17-13-15-26(16-14-17)22(28)24-18-9-5-4-6-10-18/h4-6,9-10,17,19-20H,7-8,11-16H2,1-3H3,(H,24,28)(H,25,27). The first-order valence-corrected chi connectivity index (χ1v) is 10.8. The molecule has 1 aliphatic heterocycles. The summed E-state index contributed by atoms with van der Waals surface area (Å²) in [7, 11) is 0. The highest BCUT2D eigenvalue weighted by atomic mass is 16.2. The number of nitrogens with one attached hydrogen (secondary N) is 2. The molecule has 1 aromatic carbocycles. The van der Waals surface area contributed by atoms with Crippen molar-refractivity contribution in [1.82, 2.24) is 10.2 Å². The fraction of sp³-hybridized carbons (Fsp3) is 0.652. The molecule has 0 bridgehead atoms. The van der Waals surface area contributed by atoms with Crippen molar-refractivity contribution in [3.63, 3.8) is 0 Å². The Bertz CT molecular complexity index is 660. The number of amides is 3. The summed E-state index contributed by atoms with van der Waals surface area (Å²) in [6.45, 7) is 8.11. The second kappa shape index (κ2) is 8.97. The van der Waals surface area contributed by atoms with Crippen LogP contribution in [0.5, 0.6) is 0 Å². The van der Waals surface area contributed by atoms with Gasteiger partial charge in [0.1, 0.15) is 0 Å². The maximum Gasteiger partial charge on any atom is 0.321 e. The molecule has 1 aromatic rings. The van der Waals surface area contributed by atoms with E-state index in [0.29, 0.717) is 25.0 Å². The van der Waals surface area contributed by atoms with Gasteiger partial charge in [-0.2, -0.15) is 0 Å². The lowest BCUT2D eigenvalue weighted by molar-refractivity contribution is -0.128. The van der Waals surface area contributed by atoms with Crippen LogP contribution in [0.15, 0.2) is 30.3 Å². The van der Waals surface area contributed by atoms with Crippen LogP contribution in [0.4, 0.5) is 10.5 Å². The number of anilines is 1. The molecule has 1 aliphatic carbocycles. The van der Waals surface area contributed by atoms with E-state index in [1.165, 1.54) is 19.3 Å². The number of nitrogens with zero attached hydrogens (tertiary/aromatic N) is 1. The van der Waals surface area contributed by atoms with Crippen LogP contribution in [0.3, 0.4) is 0 Å². The van der Waals surface area contributed by atoms with Crippen molar-refractivity contribution in [2.75, 3.05) is 18.4 Å². The molecule has 1 saturated heterocycles. The number of hydrogen-bond donors (Lipinski definition) is 2. The third-order valence-electron chi connectivity index (χ3n) is 6.38. The normalized spacial score (nSPS) is 23.9. The summed E-state index contributed by atoms with van der Waals surface area (Å²) >= 11 is 0. The summed E-state index contributed by atoms with van der Waals surface area (Å²) < 4.78 is 0. The molecule has 0 spiro atoms. The Morgan fingerprint density at radius 2 is 1.61 bits per heavy atom. The van der Waals surface area contributed by atoms with Crippen molar-refractivity contribution < 1.29 is 9.59 Å². The first-order chi connectivity index (χ1) is 13.3. The van der Waals surface area contributed by atoms with Gasteiger partial charge in [-0.05, 0) is 49.1 Å². The van der Waals surface area contributed by atoms with Gasteiger partial charge in [-0.3, -0.25) is 4.79 Å². The summed E-state index contributed by atoms with van der Waals surface area (Å²) in [5.74, 6) is 0.745. The van der Waals surface area contributed by atoms with E-state index in [2.05, 4.69) is 31.4 Å². The second-order valence-corrected chi connectivity index (χ2v) is 9.43. The lowest BCUT2D eigenvalue weighted by Gasteiger charge is -2.41. The smallest absolute Gasteiger partial charge is 0.321 e. The van der Waals surface area contributed by atoms with Gasteiger partial charge in [-0.25, -0.2) is 4.79 Å². The predicted octanol–water partition coefficient (Wildman–Crippen LogP) is 4.65. The molecular weight excluding hydrogens is 350 g/mol. The lowest BCUT2D eigenvalue weighted by Crippen LogP contribution is -2.50. The van der Waals surface area contributed by atoms with Crippen molar-refractivity contribution >= 4 is 17.6 Å². The van der Waals surface area contributed by atoms with Crippen molar-refractivity contribution in [2.45, 2.75) is 65.3 Å². The fourth-order valence-corrected chi connectivity index (χ4v) is 4.71. The summed E-state index contributed by atoms with van der Waals surface area (Å²) in [5, 5.41) is 6.30. The van der Waals surface area contributed by atoms with Gasteiger partial charge in [0.2, 0.25) is 5.91 Å². The number of hydrogen-bond acceptors (Lipinski definition) is 2. The number of benzene rings is 1. The molecule has 0 aromatic heterocycles. The van der Waals surface area contributed by atoms with Gasteiger partial charge >= 0.3 is 6.03 Å². The Hall–Kier alpha value is -2.04. The van der Waals surface area contributed by atoms with Crippen LogP contribution in [0, 0.1) is 17.3 Å². The molecule has 2 N–H and O–H groups in total. The Morgan fingerprint density at radius 1 is 0.964 bits per heavy atom. The van der Waals surface area contributed by atoms with Gasteiger partial charge in [0.05, 0.1) is 0 Å². The van der Waals surface area contributed by atoms with Crippen LogP contribution in [0.2, 0.25) is 0 Å². The van der Waals surface area contributed by atoms with E-state index in [9.17, 15) is 9.59 Å². The molecule has 5 heteroatoms. The van der Waals surface area contributed by atoms with Gasteiger partial charge < -0.3 is 15.5 Å². The van der Waals surface area contributed by atoms with Crippen LogP contribution in [-0.4, -0.2) is 36.0 Å². The fourth-order valence-electron chi connectivity index (χ4n) is 4.71. The number of carbonyl (C=O) groups excluding carboxylic acids is 2. The maximum absolute atomic E-state index is 12.9. The lowest BCUT2D eigenvalue weighted by atomic mass is 9.69. The Balaban J connectivity index is 1.49. The molecule has 1 heterocycles. The van der Waals surface area contributed by atoms with Gasteiger partial charge in [-0.15, -0.1) is 0 Å². The number of rotatable bonds is 3. The average Bonchev–Trinajstić information content (AvgIpc) is 2.68. The van der Waals surface area contributed by atoms with Gasteiger partial charge in [0.15, 0.2) is 0 Å². The van der Waals surface area contributed by atoms with E-state index >= 15 is 0 Å². The van der Waals surface area contributed by atoms with Crippen LogP contribution >= 0.6 is 0 Å². The number of para-hydroxylation sites is 1.